The quantitative estimate of drug-likeness (QED) is 0.870. The van der Waals surface area contributed by atoms with Gasteiger partial charge < -0.3 is 20.5 Å². The SMILES string of the molecule is CCC(C)C(N)C(=O)NCc1ccc2c(c1)OCO2.Cl. The molecule has 0 aliphatic carbocycles. The molecule has 0 spiro atoms. The minimum Gasteiger partial charge on any atom is -0.454 e. The number of nitrogens with one attached hydrogen (secondary N) is 1. The van der Waals surface area contributed by atoms with Crippen molar-refractivity contribution in [3.8, 4) is 11.5 Å². The van der Waals surface area contributed by atoms with Crippen molar-refractivity contribution < 1.29 is 14.3 Å². The highest BCUT2D eigenvalue weighted by Gasteiger charge is 2.19. The van der Waals surface area contributed by atoms with E-state index in [-0.39, 0.29) is 31.0 Å². The molecule has 2 atom stereocenters. The van der Waals surface area contributed by atoms with Gasteiger partial charge in [0.1, 0.15) is 0 Å². The molecule has 0 fully saturated rings. The Morgan fingerprint density at radius 2 is 2.10 bits per heavy atom. The maximum absolute atomic E-state index is 11.9. The second-order valence-corrected chi connectivity index (χ2v) is 4.82. The Morgan fingerprint density at radius 1 is 1.40 bits per heavy atom. The molecule has 112 valence electrons. The molecule has 1 heterocycles. The number of nitrogens with two attached hydrogens (primary N) is 1. The minimum absolute atomic E-state index is 0. The second-order valence-electron chi connectivity index (χ2n) is 4.82. The highest BCUT2D eigenvalue weighted by atomic mass is 35.5. The minimum atomic E-state index is -0.459. The Bertz CT molecular complexity index is 468. The molecule has 3 N–H and O–H groups in total. The first-order valence-corrected chi connectivity index (χ1v) is 6.53. The monoisotopic (exact) mass is 300 g/mol. The van der Waals surface area contributed by atoms with Crippen LogP contribution in [-0.4, -0.2) is 18.7 Å². The van der Waals surface area contributed by atoms with Crippen molar-refractivity contribution in [3.05, 3.63) is 23.8 Å². The fraction of sp³-hybridized carbons (Fsp3) is 0.500. The summed E-state index contributed by atoms with van der Waals surface area (Å²) in [7, 11) is 0. The van der Waals surface area contributed by atoms with Gasteiger partial charge in [0.2, 0.25) is 12.7 Å². The van der Waals surface area contributed by atoms with Gasteiger partial charge in [-0.1, -0.05) is 26.3 Å². The molecule has 2 rings (SSSR count). The summed E-state index contributed by atoms with van der Waals surface area (Å²) in [6, 6.07) is 5.16. The zero-order valence-corrected chi connectivity index (χ0v) is 12.5. The molecule has 5 nitrogen and oxygen atoms in total. The van der Waals surface area contributed by atoms with Gasteiger partial charge in [-0.2, -0.15) is 0 Å². The van der Waals surface area contributed by atoms with Crippen LogP contribution in [-0.2, 0) is 11.3 Å². The summed E-state index contributed by atoms with van der Waals surface area (Å²) in [5.41, 5.74) is 6.84. The summed E-state index contributed by atoms with van der Waals surface area (Å²) in [6.07, 6.45) is 0.888. The molecule has 0 saturated carbocycles. The maximum atomic E-state index is 11.9. The predicted octanol–water partition coefficient (Wildman–Crippen LogP) is 1.83. The third-order valence-electron chi connectivity index (χ3n) is 3.46. The standard InChI is InChI=1S/C14H20N2O3.ClH/c1-3-9(2)13(15)14(17)16-7-10-4-5-11-12(6-10)19-8-18-11;/h4-6,9,13H,3,7-8,15H2,1-2H3,(H,16,17);1H. The Balaban J connectivity index is 0.00000200. The van der Waals surface area contributed by atoms with Crippen LogP contribution in [0.15, 0.2) is 18.2 Å². The molecule has 0 bridgehead atoms. The molecular formula is C14H21ClN2O3. The zero-order chi connectivity index (χ0) is 13.8. The molecule has 20 heavy (non-hydrogen) atoms. The van der Waals surface area contributed by atoms with Crippen LogP contribution >= 0.6 is 12.4 Å². The third kappa shape index (κ3) is 3.77. The van der Waals surface area contributed by atoms with Crippen molar-refractivity contribution in [2.45, 2.75) is 32.9 Å². The van der Waals surface area contributed by atoms with Gasteiger partial charge in [-0.3, -0.25) is 4.79 Å². The molecule has 1 aromatic carbocycles. The number of hydrogen-bond acceptors (Lipinski definition) is 4. The number of fused-ring (bicyclic) bond motifs is 1. The van der Waals surface area contributed by atoms with Crippen molar-refractivity contribution in [2.75, 3.05) is 6.79 Å². The highest BCUT2D eigenvalue weighted by molar-refractivity contribution is 5.85. The summed E-state index contributed by atoms with van der Waals surface area (Å²) in [4.78, 5) is 11.9. The van der Waals surface area contributed by atoms with Gasteiger partial charge in [0.05, 0.1) is 6.04 Å². The van der Waals surface area contributed by atoms with E-state index < -0.39 is 6.04 Å². The lowest BCUT2D eigenvalue weighted by Crippen LogP contribution is -2.44. The topological polar surface area (TPSA) is 73.6 Å². The number of rotatable bonds is 5. The van der Waals surface area contributed by atoms with Crippen LogP contribution in [0.2, 0.25) is 0 Å². The molecule has 1 aromatic rings. The molecule has 1 aliphatic heterocycles. The highest BCUT2D eigenvalue weighted by Crippen LogP contribution is 2.32. The lowest BCUT2D eigenvalue weighted by atomic mass is 9.99. The van der Waals surface area contributed by atoms with Crippen molar-refractivity contribution >= 4 is 18.3 Å². The summed E-state index contributed by atoms with van der Waals surface area (Å²) in [5, 5.41) is 2.84. The number of benzene rings is 1. The lowest BCUT2D eigenvalue weighted by Gasteiger charge is -2.17. The van der Waals surface area contributed by atoms with Gasteiger partial charge in [-0.15, -0.1) is 12.4 Å². The molecule has 6 heteroatoms. The van der Waals surface area contributed by atoms with Gasteiger partial charge >= 0.3 is 0 Å². The Morgan fingerprint density at radius 3 is 2.80 bits per heavy atom. The van der Waals surface area contributed by atoms with Gasteiger partial charge in [0, 0.05) is 6.54 Å². The molecule has 2 unspecified atom stereocenters. The lowest BCUT2D eigenvalue weighted by molar-refractivity contribution is -0.123. The number of carbonyl (C=O) groups is 1. The van der Waals surface area contributed by atoms with E-state index in [0.717, 1.165) is 23.5 Å². The van der Waals surface area contributed by atoms with Crippen LogP contribution in [0.5, 0.6) is 11.5 Å². The van der Waals surface area contributed by atoms with Crippen LogP contribution in [0.4, 0.5) is 0 Å². The predicted molar refractivity (Wildman–Crippen MR) is 79.1 cm³/mol. The van der Waals surface area contributed by atoms with Gasteiger partial charge in [0.15, 0.2) is 11.5 Å². The first-order chi connectivity index (χ1) is 9.11. The van der Waals surface area contributed by atoms with Gasteiger partial charge in [-0.05, 0) is 23.6 Å². The normalized spacial score (nSPS) is 15.2. The smallest absolute Gasteiger partial charge is 0.237 e. The molecule has 1 aliphatic rings. The van der Waals surface area contributed by atoms with Gasteiger partial charge in [0.25, 0.3) is 0 Å². The van der Waals surface area contributed by atoms with E-state index >= 15 is 0 Å². The summed E-state index contributed by atoms with van der Waals surface area (Å²) < 4.78 is 10.5. The zero-order valence-electron chi connectivity index (χ0n) is 11.7. The second kappa shape index (κ2) is 7.36. The number of halogens is 1. The van der Waals surface area contributed by atoms with E-state index in [2.05, 4.69) is 5.32 Å². The van der Waals surface area contributed by atoms with Crippen molar-refractivity contribution in [2.24, 2.45) is 11.7 Å². The van der Waals surface area contributed by atoms with E-state index in [0.29, 0.717) is 6.54 Å². The number of amides is 1. The first-order valence-electron chi connectivity index (χ1n) is 6.53. The molecule has 1 amide bonds. The van der Waals surface area contributed by atoms with Crippen molar-refractivity contribution in [3.63, 3.8) is 0 Å². The van der Waals surface area contributed by atoms with Gasteiger partial charge in [-0.25, -0.2) is 0 Å². The average Bonchev–Trinajstić information content (AvgIpc) is 2.90. The third-order valence-corrected chi connectivity index (χ3v) is 3.46. The Labute approximate surface area is 125 Å². The number of ether oxygens (including phenoxy) is 2. The summed E-state index contributed by atoms with van der Waals surface area (Å²) in [6.45, 7) is 4.70. The number of hydrogen-bond donors (Lipinski definition) is 2. The molecule has 0 saturated heterocycles. The maximum Gasteiger partial charge on any atom is 0.237 e. The van der Waals surface area contributed by atoms with Crippen LogP contribution in [0, 0.1) is 5.92 Å². The van der Waals surface area contributed by atoms with E-state index in [9.17, 15) is 4.79 Å². The van der Waals surface area contributed by atoms with Crippen LogP contribution < -0.4 is 20.5 Å². The molecular weight excluding hydrogens is 280 g/mol. The Kier molecular flexibility index (Phi) is 6.10. The Hall–Kier alpha value is -1.46. The largest absolute Gasteiger partial charge is 0.454 e. The molecule has 0 radical (unpaired) electrons. The number of carbonyl (C=O) groups excluding carboxylic acids is 1. The first kappa shape index (κ1) is 16.6. The van der Waals surface area contributed by atoms with Crippen molar-refractivity contribution in [1.82, 2.24) is 5.32 Å². The fourth-order valence-electron chi connectivity index (χ4n) is 1.87. The van der Waals surface area contributed by atoms with Crippen LogP contribution in [0.3, 0.4) is 0 Å². The summed E-state index contributed by atoms with van der Waals surface area (Å²) in [5.74, 6) is 1.52. The summed E-state index contributed by atoms with van der Waals surface area (Å²) >= 11 is 0. The van der Waals surface area contributed by atoms with E-state index in [1.54, 1.807) is 0 Å². The van der Waals surface area contributed by atoms with E-state index in [1.807, 2.05) is 32.0 Å². The van der Waals surface area contributed by atoms with E-state index in [4.69, 9.17) is 15.2 Å². The van der Waals surface area contributed by atoms with Crippen LogP contribution in [0.1, 0.15) is 25.8 Å². The average molecular weight is 301 g/mol. The van der Waals surface area contributed by atoms with Crippen LogP contribution in [0.25, 0.3) is 0 Å². The fourth-order valence-corrected chi connectivity index (χ4v) is 1.87. The van der Waals surface area contributed by atoms with E-state index in [1.165, 1.54) is 0 Å². The molecule has 0 aromatic heterocycles. The van der Waals surface area contributed by atoms with Crippen molar-refractivity contribution in [1.29, 1.82) is 0 Å².